The first-order valence-electron chi connectivity index (χ1n) is 6.07. The summed E-state index contributed by atoms with van der Waals surface area (Å²) >= 11 is 3.38. The molecule has 0 unspecified atom stereocenters. The average Bonchev–Trinajstić information content (AvgIpc) is 2.41. The van der Waals surface area contributed by atoms with Crippen LogP contribution in [0.25, 0.3) is 0 Å². The summed E-state index contributed by atoms with van der Waals surface area (Å²) in [7, 11) is 1.64. The third kappa shape index (κ3) is 6.77. The van der Waals surface area contributed by atoms with E-state index in [1.807, 2.05) is 18.2 Å². The number of hydrogen-bond acceptors (Lipinski definition) is 5. The Morgan fingerprint density at radius 1 is 1.00 bits per heavy atom. The molecule has 1 aromatic carbocycles. The van der Waals surface area contributed by atoms with Crippen LogP contribution in [0.15, 0.2) is 22.7 Å². The molecule has 1 rings (SSSR count). The molecular weight excluding hydrogens is 314 g/mol. The first-order valence-corrected chi connectivity index (χ1v) is 6.86. The fourth-order valence-corrected chi connectivity index (χ4v) is 1.69. The van der Waals surface area contributed by atoms with E-state index in [4.69, 9.17) is 24.7 Å². The van der Waals surface area contributed by atoms with Crippen molar-refractivity contribution in [2.24, 2.45) is 0 Å². The van der Waals surface area contributed by atoms with E-state index in [1.54, 1.807) is 7.11 Å². The highest BCUT2D eigenvalue weighted by Gasteiger charge is 2.03. The minimum absolute atomic E-state index is 0.472. The smallest absolute Gasteiger partial charge is 0.135 e. The molecule has 108 valence electrons. The maximum Gasteiger partial charge on any atom is 0.135 e. The fourth-order valence-electron chi connectivity index (χ4n) is 1.31. The summed E-state index contributed by atoms with van der Waals surface area (Å²) < 4.78 is 21.8. The maximum absolute atomic E-state index is 5.75. The van der Waals surface area contributed by atoms with Crippen LogP contribution in [-0.4, -0.2) is 46.8 Å². The highest BCUT2D eigenvalue weighted by atomic mass is 79.9. The molecule has 0 radical (unpaired) electrons. The fraction of sp³-hybridized carbons (Fsp3) is 0.538. The summed E-state index contributed by atoms with van der Waals surface area (Å²) in [6.45, 7) is 3.28. The van der Waals surface area contributed by atoms with Crippen molar-refractivity contribution in [3.05, 3.63) is 22.7 Å². The lowest BCUT2D eigenvalue weighted by Crippen LogP contribution is -2.12. The van der Waals surface area contributed by atoms with Gasteiger partial charge in [-0.05, 0) is 28.1 Å². The number of rotatable bonds is 10. The van der Waals surface area contributed by atoms with Crippen LogP contribution in [-0.2, 0) is 14.2 Å². The van der Waals surface area contributed by atoms with E-state index in [2.05, 4.69) is 15.9 Å². The van der Waals surface area contributed by atoms with Crippen molar-refractivity contribution in [3.8, 4) is 5.75 Å². The van der Waals surface area contributed by atoms with Crippen LogP contribution in [0.4, 0.5) is 5.69 Å². The Labute approximate surface area is 122 Å². The lowest BCUT2D eigenvalue weighted by atomic mass is 10.3. The molecule has 0 heterocycles. The van der Waals surface area contributed by atoms with Gasteiger partial charge in [-0.2, -0.15) is 0 Å². The highest BCUT2D eigenvalue weighted by molar-refractivity contribution is 9.10. The third-order valence-electron chi connectivity index (χ3n) is 2.28. The van der Waals surface area contributed by atoms with Crippen molar-refractivity contribution in [1.82, 2.24) is 0 Å². The molecule has 0 saturated heterocycles. The molecule has 0 aliphatic carbocycles. The molecule has 0 aliphatic heterocycles. The molecule has 6 heteroatoms. The first kappa shape index (κ1) is 16.2. The second kappa shape index (κ2) is 10.0. The van der Waals surface area contributed by atoms with Crippen LogP contribution in [0.1, 0.15) is 0 Å². The van der Waals surface area contributed by atoms with E-state index in [0.717, 1.165) is 10.2 Å². The zero-order chi connectivity index (χ0) is 13.9. The van der Waals surface area contributed by atoms with Gasteiger partial charge in [-0.15, -0.1) is 0 Å². The number of benzene rings is 1. The van der Waals surface area contributed by atoms with Crippen LogP contribution in [0.2, 0.25) is 0 Å². The molecule has 0 aliphatic rings. The predicted molar refractivity (Wildman–Crippen MR) is 77.6 cm³/mol. The Balaban J connectivity index is 2.03. The zero-order valence-electron chi connectivity index (χ0n) is 11.1. The number of nitrogens with two attached hydrogens (primary N) is 1. The van der Waals surface area contributed by atoms with Crippen LogP contribution in [0.3, 0.4) is 0 Å². The lowest BCUT2D eigenvalue weighted by Gasteiger charge is -2.10. The molecule has 2 N–H and O–H groups in total. The Bertz CT molecular complexity index is 362. The second-order valence-corrected chi connectivity index (χ2v) is 4.52. The van der Waals surface area contributed by atoms with Gasteiger partial charge in [0.1, 0.15) is 12.4 Å². The number of anilines is 1. The molecule has 19 heavy (non-hydrogen) atoms. The van der Waals surface area contributed by atoms with Gasteiger partial charge in [0.2, 0.25) is 0 Å². The van der Waals surface area contributed by atoms with Crippen LogP contribution >= 0.6 is 15.9 Å². The maximum atomic E-state index is 5.75. The van der Waals surface area contributed by atoms with Gasteiger partial charge in [0.05, 0.1) is 37.5 Å². The van der Waals surface area contributed by atoms with E-state index in [1.165, 1.54) is 0 Å². The van der Waals surface area contributed by atoms with E-state index < -0.39 is 0 Å². The van der Waals surface area contributed by atoms with E-state index >= 15 is 0 Å². The van der Waals surface area contributed by atoms with Crippen molar-refractivity contribution in [2.45, 2.75) is 0 Å². The van der Waals surface area contributed by atoms with Gasteiger partial charge in [0.15, 0.2) is 0 Å². The summed E-state index contributed by atoms with van der Waals surface area (Å²) in [5.41, 5.74) is 6.40. The van der Waals surface area contributed by atoms with Gasteiger partial charge < -0.3 is 24.7 Å². The molecule has 0 aromatic heterocycles. The number of nitrogen functional groups attached to an aromatic ring is 1. The topological polar surface area (TPSA) is 62.9 Å². The van der Waals surface area contributed by atoms with Gasteiger partial charge in [-0.25, -0.2) is 0 Å². The van der Waals surface area contributed by atoms with Crippen LogP contribution < -0.4 is 10.5 Å². The number of ether oxygens (including phenoxy) is 4. The van der Waals surface area contributed by atoms with Crippen LogP contribution in [0.5, 0.6) is 5.75 Å². The summed E-state index contributed by atoms with van der Waals surface area (Å²) in [6.07, 6.45) is 0. The van der Waals surface area contributed by atoms with Gasteiger partial charge in [0, 0.05) is 12.8 Å². The number of methoxy groups -OCH3 is 1. The molecule has 0 bridgehead atoms. The molecule has 0 amide bonds. The monoisotopic (exact) mass is 333 g/mol. The molecule has 5 nitrogen and oxygen atoms in total. The third-order valence-corrected chi connectivity index (χ3v) is 3.13. The quantitative estimate of drug-likeness (QED) is 0.524. The summed E-state index contributed by atoms with van der Waals surface area (Å²) in [6, 6.07) is 5.51. The molecular formula is C13H20BrNO4. The summed E-state index contributed by atoms with van der Waals surface area (Å²) in [5, 5.41) is 0. The molecule has 1 aromatic rings. The average molecular weight is 334 g/mol. The number of hydrogen-bond donors (Lipinski definition) is 1. The molecule has 0 saturated carbocycles. The Morgan fingerprint density at radius 3 is 2.32 bits per heavy atom. The normalized spacial score (nSPS) is 10.6. The van der Waals surface area contributed by atoms with Crippen molar-refractivity contribution < 1.29 is 18.9 Å². The predicted octanol–water partition coefficient (Wildman–Crippen LogP) is 2.09. The van der Waals surface area contributed by atoms with E-state index in [0.29, 0.717) is 45.3 Å². The molecule has 0 fully saturated rings. The Kier molecular flexibility index (Phi) is 8.57. The van der Waals surface area contributed by atoms with Gasteiger partial charge >= 0.3 is 0 Å². The Hall–Kier alpha value is -0.820. The first-order chi connectivity index (χ1) is 9.25. The standard InChI is InChI=1S/C13H20BrNO4/c1-16-5-6-17-7-8-18-9-10-19-12-4-2-3-11(15)13(12)14/h2-4H,5-10,15H2,1H3. The molecule has 0 spiro atoms. The second-order valence-electron chi connectivity index (χ2n) is 3.73. The van der Waals surface area contributed by atoms with Crippen molar-refractivity contribution in [2.75, 3.05) is 52.5 Å². The minimum atomic E-state index is 0.472. The zero-order valence-corrected chi connectivity index (χ0v) is 12.6. The lowest BCUT2D eigenvalue weighted by molar-refractivity contribution is 0.0179. The molecule has 0 atom stereocenters. The van der Waals surface area contributed by atoms with Crippen molar-refractivity contribution >= 4 is 21.6 Å². The summed E-state index contributed by atoms with van der Waals surface area (Å²) in [5.74, 6) is 0.722. The van der Waals surface area contributed by atoms with Gasteiger partial charge in [0.25, 0.3) is 0 Å². The van der Waals surface area contributed by atoms with E-state index in [9.17, 15) is 0 Å². The SMILES string of the molecule is COCCOCCOCCOc1cccc(N)c1Br. The highest BCUT2D eigenvalue weighted by Crippen LogP contribution is 2.29. The van der Waals surface area contributed by atoms with Gasteiger partial charge in [-0.3, -0.25) is 0 Å². The summed E-state index contributed by atoms with van der Waals surface area (Å²) in [4.78, 5) is 0. The van der Waals surface area contributed by atoms with Crippen molar-refractivity contribution in [1.29, 1.82) is 0 Å². The van der Waals surface area contributed by atoms with Crippen LogP contribution in [0, 0.1) is 0 Å². The van der Waals surface area contributed by atoms with Crippen molar-refractivity contribution in [3.63, 3.8) is 0 Å². The largest absolute Gasteiger partial charge is 0.490 e. The number of halogens is 1. The minimum Gasteiger partial charge on any atom is -0.490 e. The van der Waals surface area contributed by atoms with E-state index in [-0.39, 0.29) is 0 Å². The Morgan fingerprint density at radius 2 is 1.63 bits per heavy atom. The van der Waals surface area contributed by atoms with Gasteiger partial charge in [-0.1, -0.05) is 6.07 Å².